The molecule has 1 N–H and O–H groups in total. The van der Waals surface area contributed by atoms with Crippen LogP contribution in [0.1, 0.15) is 5.56 Å². The van der Waals surface area contributed by atoms with Gasteiger partial charge in [0.15, 0.2) is 0 Å². The third kappa shape index (κ3) is 5.47. The molecule has 0 spiro atoms. The molecule has 8 heteroatoms. The molecule has 0 atom stereocenters. The normalized spacial score (nSPS) is 12.0. The number of aliphatic hydroxyl groups is 1. The molecule has 0 fully saturated rings. The number of sulfonamides is 1. The average molecular weight is 331 g/mol. The Morgan fingerprint density at radius 1 is 1.14 bits per heavy atom. The summed E-state index contributed by atoms with van der Waals surface area (Å²) in [4.78, 5) is 0.0630. The molecule has 6 nitrogen and oxygen atoms in total. The van der Waals surface area contributed by atoms with Crippen LogP contribution in [0.3, 0.4) is 0 Å². The topological polar surface area (TPSA) is 91.8 Å². The van der Waals surface area contributed by atoms with Crippen molar-refractivity contribution < 1.29 is 21.9 Å². The summed E-state index contributed by atoms with van der Waals surface area (Å²) in [6.07, 6.45) is 1.06. The van der Waals surface area contributed by atoms with Crippen LogP contribution in [0.2, 0.25) is 0 Å². The number of sulfone groups is 1. The van der Waals surface area contributed by atoms with Gasteiger partial charge in [0.2, 0.25) is 10.0 Å². The molecular formula is C13H17NO5S2. The van der Waals surface area contributed by atoms with Gasteiger partial charge in [-0.3, -0.25) is 0 Å². The lowest BCUT2D eigenvalue weighted by atomic mass is 10.2. The minimum absolute atomic E-state index is 0.0630. The summed E-state index contributed by atoms with van der Waals surface area (Å²) in [5.41, 5.74) is 0.585. The van der Waals surface area contributed by atoms with E-state index in [0.717, 1.165) is 10.6 Å². The maximum atomic E-state index is 12.2. The van der Waals surface area contributed by atoms with Gasteiger partial charge in [-0.05, 0) is 24.3 Å². The zero-order valence-corrected chi connectivity index (χ0v) is 13.4. The Kier molecular flexibility index (Phi) is 5.92. The monoisotopic (exact) mass is 331 g/mol. The van der Waals surface area contributed by atoms with E-state index in [4.69, 9.17) is 5.11 Å². The predicted molar refractivity (Wildman–Crippen MR) is 79.9 cm³/mol. The Morgan fingerprint density at radius 2 is 1.71 bits per heavy atom. The molecule has 0 saturated heterocycles. The fourth-order valence-electron chi connectivity index (χ4n) is 1.45. The summed E-state index contributed by atoms with van der Waals surface area (Å²) >= 11 is 0. The van der Waals surface area contributed by atoms with Gasteiger partial charge in [-0.2, -0.15) is 4.31 Å². The van der Waals surface area contributed by atoms with Crippen LogP contribution >= 0.6 is 0 Å². The van der Waals surface area contributed by atoms with E-state index in [2.05, 4.69) is 11.8 Å². The molecule has 0 aliphatic rings. The van der Waals surface area contributed by atoms with Crippen LogP contribution in [-0.4, -0.2) is 58.5 Å². The van der Waals surface area contributed by atoms with Gasteiger partial charge in [-0.1, -0.05) is 11.8 Å². The molecule has 1 rings (SSSR count). The van der Waals surface area contributed by atoms with Crippen molar-refractivity contribution in [3.05, 3.63) is 29.8 Å². The van der Waals surface area contributed by atoms with Crippen molar-refractivity contribution in [1.82, 2.24) is 4.31 Å². The molecule has 0 unspecified atom stereocenters. The van der Waals surface area contributed by atoms with E-state index < -0.39 is 19.9 Å². The minimum Gasteiger partial charge on any atom is -0.384 e. The first kappa shape index (κ1) is 17.7. The van der Waals surface area contributed by atoms with Gasteiger partial charge in [-0.15, -0.1) is 0 Å². The maximum absolute atomic E-state index is 12.2. The lowest BCUT2D eigenvalue weighted by molar-refractivity contribution is 0.350. The lowest BCUT2D eigenvalue weighted by Crippen LogP contribution is -2.31. The van der Waals surface area contributed by atoms with Crippen LogP contribution in [0.15, 0.2) is 29.2 Å². The van der Waals surface area contributed by atoms with E-state index in [9.17, 15) is 16.8 Å². The second-order valence-electron chi connectivity index (χ2n) is 4.44. The highest BCUT2D eigenvalue weighted by Gasteiger charge is 2.21. The molecule has 116 valence electrons. The highest BCUT2D eigenvalue weighted by molar-refractivity contribution is 7.91. The zero-order valence-electron chi connectivity index (χ0n) is 11.8. The first-order chi connectivity index (χ1) is 9.66. The molecule has 0 saturated carbocycles. The summed E-state index contributed by atoms with van der Waals surface area (Å²) in [6, 6.07) is 5.85. The Hall–Kier alpha value is -1.40. The van der Waals surface area contributed by atoms with Gasteiger partial charge in [-0.25, -0.2) is 16.8 Å². The summed E-state index contributed by atoms with van der Waals surface area (Å²) in [5, 5.41) is 8.58. The Bertz CT molecular complexity index is 740. The van der Waals surface area contributed by atoms with Crippen molar-refractivity contribution in [1.29, 1.82) is 0 Å². The third-order valence-corrected chi connectivity index (χ3v) is 5.45. The van der Waals surface area contributed by atoms with Crippen LogP contribution in [0.4, 0.5) is 0 Å². The molecule has 21 heavy (non-hydrogen) atoms. The summed E-state index contributed by atoms with van der Waals surface area (Å²) in [6.45, 7) is -0.373. The number of nitrogens with zero attached hydrogens (tertiary/aromatic N) is 1. The second-order valence-corrected chi connectivity index (χ2v) is 8.75. The predicted octanol–water partition coefficient (Wildman–Crippen LogP) is -0.304. The van der Waals surface area contributed by atoms with E-state index >= 15 is 0 Å². The molecule has 1 aromatic carbocycles. The standard InChI is InChI=1S/C13H17NO5S2/c1-14(9-11-20(2,16)17)21(18,19)13-7-5-12(6-8-13)4-3-10-15/h5-8,15H,9-11H2,1-2H3. The molecule has 0 amide bonds. The Morgan fingerprint density at radius 3 is 2.19 bits per heavy atom. The van der Waals surface area contributed by atoms with Gasteiger partial charge in [0, 0.05) is 25.4 Å². The molecule has 0 heterocycles. The van der Waals surface area contributed by atoms with Crippen LogP contribution in [0.5, 0.6) is 0 Å². The van der Waals surface area contributed by atoms with Gasteiger partial charge in [0.1, 0.15) is 16.4 Å². The van der Waals surface area contributed by atoms with E-state index in [1.165, 1.54) is 31.3 Å². The number of hydrogen-bond donors (Lipinski definition) is 1. The number of hydrogen-bond acceptors (Lipinski definition) is 5. The summed E-state index contributed by atoms with van der Waals surface area (Å²) in [5.74, 6) is 4.89. The zero-order chi connectivity index (χ0) is 16.1. The number of aliphatic hydroxyl groups excluding tert-OH is 1. The molecule has 0 aromatic heterocycles. The highest BCUT2D eigenvalue weighted by Crippen LogP contribution is 2.15. The van der Waals surface area contributed by atoms with Crippen molar-refractivity contribution in [2.24, 2.45) is 0 Å². The average Bonchev–Trinajstić information content (AvgIpc) is 2.42. The second kappa shape index (κ2) is 7.04. The van der Waals surface area contributed by atoms with E-state index in [1.54, 1.807) is 0 Å². The van der Waals surface area contributed by atoms with E-state index in [-0.39, 0.29) is 23.8 Å². The first-order valence-electron chi connectivity index (χ1n) is 6.00. The van der Waals surface area contributed by atoms with Gasteiger partial charge in [0.05, 0.1) is 10.6 Å². The minimum atomic E-state index is -3.73. The van der Waals surface area contributed by atoms with Crippen molar-refractivity contribution in [2.75, 3.05) is 32.2 Å². The SMILES string of the molecule is CN(CCS(C)(=O)=O)S(=O)(=O)c1ccc(C#CCO)cc1. The fraction of sp³-hybridized carbons (Fsp3) is 0.385. The molecular weight excluding hydrogens is 314 g/mol. The van der Waals surface area contributed by atoms with E-state index in [1.807, 2.05) is 0 Å². The molecule has 1 aromatic rings. The molecule has 0 radical (unpaired) electrons. The summed E-state index contributed by atoms with van der Waals surface area (Å²) in [7, 11) is -5.62. The van der Waals surface area contributed by atoms with Crippen LogP contribution in [0, 0.1) is 11.8 Å². The Balaban J connectivity index is 2.92. The quantitative estimate of drug-likeness (QED) is 0.748. The highest BCUT2D eigenvalue weighted by atomic mass is 32.2. The fourth-order valence-corrected chi connectivity index (χ4v) is 3.34. The molecule has 0 bridgehead atoms. The largest absolute Gasteiger partial charge is 0.384 e. The Labute approximate surface area is 125 Å². The van der Waals surface area contributed by atoms with E-state index in [0.29, 0.717) is 5.56 Å². The third-order valence-electron chi connectivity index (χ3n) is 2.65. The van der Waals surface area contributed by atoms with Crippen molar-refractivity contribution >= 4 is 19.9 Å². The van der Waals surface area contributed by atoms with Gasteiger partial charge >= 0.3 is 0 Å². The van der Waals surface area contributed by atoms with Gasteiger partial charge < -0.3 is 5.11 Å². The van der Waals surface area contributed by atoms with Crippen LogP contribution in [-0.2, 0) is 19.9 Å². The number of benzene rings is 1. The van der Waals surface area contributed by atoms with Crippen molar-refractivity contribution in [2.45, 2.75) is 4.90 Å². The summed E-state index contributed by atoms with van der Waals surface area (Å²) < 4.78 is 47.6. The molecule has 0 aliphatic carbocycles. The smallest absolute Gasteiger partial charge is 0.242 e. The molecule has 0 aliphatic heterocycles. The number of rotatable bonds is 5. The van der Waals surface area contributed by atoms with Gasteiger partial charge in [0.25, 0.3) is 0 Å². The van der Waals surface area contributed by atoms with Crippen LogP contribution < -0.4 is 0 Å². The van der Waals surface area contributed by atoms with Crippen molar-refractivity contribution in [3.63, 3.8) is 0 Å². The van der Waals surface area contributed by atoms with Crippen molar-refractivity contribution in [3.8, 4) is 11.8 Å². The maximum Gasteiger partial charge on any atom is 0.242 e. The first-order valence-corrected chi connectivity index (χ1v) is 9.51. The lowest BCUT2D eigenvalue weighted by Gasteiger charge is -2.16. The van der Waals surface area contributed by atoms with Crippen LogP contribution in [0.25, 0.3) is 0 Å².